The number of nitrogens with zero attached hydrogens (tertiary/aromatic N) is 3. The lowest BCUT2D eigenvalue weighted by Gasteiger charge is -2.25. The molecule has 2 rings (SSSR count). The van der Waals surface area contributed by atoms with Gasteiger partial charge >= 0.3 is 0 Å². The van der Waals surface area contributed by atoms with Gasteiger partial charge in [-0.2, -0.15) is 5.10 Å². The number of aryl methyl sites for hydroxylation is 1. The van der Waals surface area contributed by atoms with Crippen LogP contribution in [-0.2, 0) is 13.6 Å². The second-order valence-electron chi connectivity index (χ2n) is 4.97. The molecule has 0 amide bonds. The van der Waals surface area contributed by atoms with Crippen molar-refractivity contribution < 1.29 is 0 Å². The van der Waals surface area contributed by atoms with Gasteiger partial charge in [-0.25, -0.2) is 0 Å². The van der Waals surface area contributed by atoms with Crippen molar-refractivity contribution in [3.05, 3.63) is 18.0 Å². The Morgan fingerprint density at radius 1 is 1.59 bits per heavy atom. The lowest BCUT2D eigenvalue weighted by molar-refractivity contribution is 0.236. The Morgan fingerprint density at radius 2 is 2.47 bits per heavy atom. The Balaban J connectivity index is 1.89. The average molecular weight is 236 g/mol. The van der Waals surface area contributed by atoms with Gasteiger partial charge in [0.2, 0.25) is 0 Å². The molecule has 4 heteroatoms. The second kappa shape index (κ2) is 6.17. The van der Waals surface area contributed by atoms with Gasteiger partial charge in [0, 0.05) is 32.4 Å². The highest BCUT2D eigenvalue weighted by atomic mass is 15.3. The summed E-state index contributed by atoms with van der Waals surface area (Å²) in [6.45, 7) is 6.79. The van der Waals surface area contributed by atoms with E-state index in [1.54, 1.807) is 0 Å². The molecule has 2 heterocycles. The molecule has 1 N–H and O–H groups in total. The maximum atomic E-state index is 4.24. The maximum Gasteiger partial charge on any atom is 0.0521 e. The van der Waals surface area contributed by atoms with Gasteiger partial charge in [-0.05, 0) is 38.4 Å². The van der Waals surface area contributed by atoms with Gasteiger partial charge in [-0.1, -0.05) is 6.92 Å². The first-order valence-electron chi connectivity index (χ1n) is 6.72. The van der Waals surface area contributed by atoms with E-state index in [1.165, 1.54) is 44.6 Å². The van der Waals surface area contributed by atoms with Crippen LogP contribution in [0.25, 0.3) is 0 Å². The molecule has 1 fully saturated rings. The van der Waals surface area contributed by atoms with Crippen molar-refractivity contribution in [1.29, 1.82) is 0 Å². The molecule has 4 nitrogen and oxygen atoms in total. The highest BCUT2D eigenvalue weighted by Crippen LogP contribution is 2.10. The van der Waals surface area contributed by atoms with Gasteiger partial charge in [-0.15, -0.1) is 0 Å². The van der Waals surface area contributed by atoms with Crippen LogP contribution in [0.2, 0.25) is 0 Å². The Labute approximate surface area is 104 Å². The topological polar surface area (TPSA) is 33.1 Å². The highest BCUT2D eigenvalue weighted by molar-refractivity contribution is 5.00. The second-order valence-corrected chi connectivity index (χ2v) is 4.97. The van der Waals surface area contributed by atoms with Crippen molar-refractivity contribution in [2.24, 2.45) is 7.05 Å². The molecule has 1 aromatic rings. The van der Waals surface area contributed by atoms with Gasteiger partial charge in [0.15, 0.2) is 0 Å². The zero-order valence-corrected chi connectivity index (χ0v) is 11.0. The first-order valence-corrected chi connectivity index (χ1v) is 6.72. The fraction of sp³-hybridized carbons (Fsp3) is 0.769. The summed E-state index contributed by atoms with van der Waals surface area (Å²) in [4.78, 5) is 2.54. The molecule has 1 aliphatic rings. The quantitative estimate of drug-likeness (QED) is 0.810. The fourth-order valence-corrected chi connectivity index (χ4v) is 2.56. The molecule has 0 spiro atoms. The normalized spacial score (nSPS) is 20.3. The maximum absolute atomic E-state index is 4.24. The molecule has 1 aliphatic heterocycles. The van der Waals surface area contributed by atoms with Gasteiger partial charge < -0.3 is 5.32 Å². The number of hydrogen-bond acceptors (Lipinski definition) is 3. The smallest absolute Gasteiger partial charge is 0.0521 e. The molecule has 1 saturated heterocycles. The van der Waals surface area contributed by atoms with Crippen LogP contribution in [0.5, 0.6) is 0 Å². The Morgan fingerprint density at radius 3 is 3.06 bits per heavy atom. The third-order valence-corrected chi connectivity index (χ3v) is 3.49. The summed E-state index contributed by atoms with van der Waals surface area (Å²) in [5.41, 5.74) is 1.30. The molecule has 1 aromatic heterocycles. The third kappa shape index (κ3) is 3.54. The molecule has 0 radical (unpaired) electrons. The van der Waals surface area contributed by atoms with Crippen molar-refractivity contribution in [3.8, 4) is 0 Å². The van der Waals surface area contributed by atoms with E-state index in [4.69, 9.17) is 0 Å². The predicted molar refractivity (Wildman–Crippen MR) is 69.8 cm³/mol. The van der Waals surface area contributed by atoms with Crippen LogP contribution in [0.4, 0.5) is 0 Å². The molecular weight excluding hydrogens is 212 g/mol. The molecule has 0 bridgehead atoms. The summed E-state index contributed by atoms with van der Waals surface area (Å²) in [7, 11) is 2.02. The number of rotatable bonds is 6. The standard InChI is InChI=1S/C13H24N4/c1-3-9-17(10-12-5-4-7-14-12)11-13-6-8-15-16(13)2/h6,8,12,14H,3-5,7,9-11H2,1-2H3. The summed E-state index contributed by atoms with van der Waals surface area (Å²) in [6.07, 6.45) is 5.75. The summed E-state index contributed by atoms with van der Waals surface area (Å²) in [6, 6.07) is 2.81. The van der Waals surface area contributed by atoms with Gasteiger partial charge in [-0.3, -0.25) is 9.58 Å². The molecular formula is C13H24N4. The highest BCUT2D eigenvalue weighted by Gasteiger charge is 2.18. The molecule has 0 aromatic carbocycles. The monoisotopic (exact) mass is 236 g/mol. The fourth-order valence-electron chi connectivity index (χ4n) is 2.56. The van der Waals surface area contributed by atoms with Crippen molar-refractivity contribution in [1.82, 2.24) is 20.0 Å². The van der Waals surface area contributed by atoms with E-state index < -0.39 is 0 Å². The third-order valence-electron chi connectivity index (χ3n) is 3.49. The zero-order valence-electron chi connectivity index (χ0n) is 11.0. The predicted octanol–water partition coefficient (Wildman–Crippen LogP) is 1.38. The summed E-state index contributed by atoms with van der Waals surface area (Å²) in [5, 5.41) is 7.81. The van der Waals surface area contributed by atoms with Crippen LogP contribution in [0.15, 0.2) is 12.3 Å². The van der Waals surface area contributed by atoms with Gasteiger partial charge in [0.1, 0.15) is 0 Å². The molecule has 17 heavy (non-hydrogen) atoms. The minimum Gasteiger partial charge on any atom is -0.313 e. The number of nitrogens with one attached hydrogen (secondary N) is 1. The summed E-state index contributed by atoms with van der Waals surface area (Å²) < 4.78 is 1.98. The van der Waals surface area contributed by atoms with Crippen LogP contribution >= 0.6 is 0 Å². The van der Waals surface area contributed by atoms with Crippen molar-refractivity contribution in [2.45, 2.75) is 38.8 Å². The average Bonchev–Trinajstić information content (AvgIpc) is 2.92. The van der Waals surface area contributed by atoms with E-state index in [0.29, 0.717) is 6.04 Å². The van der Waals surface area contributed by atoms with Crippen molar-refractivity contribution in [2.75, 3.05) is 19.6 Å². The van der Waals surface area contributed by atoms with E-state index in [2.05, 4.69) is 28.3 Å². The number of aromatic nitrogens is 2. The van der Waals surface area contributed by atoms with E-state index in [0.717, 1.165) is 6.54 Å². The molecule has 1 atom stereocenters. The Hall–Kier alpha value is -0.870. The lowest BCUT2D eigenvalue weighted by Crippen LogP contribution is -2.38. The molecule has 1 unspecified atom stereocenters. The van der Waals surface area contributed by atoms with Crippen LogP contribution in [0, 0.1) is 0 Å². The largest absolute Gasteiger partial charge is 0.313 e. The van der Waals surface area contributed by atoms with Crippen LogP contribution in [0.3, 0.4) is 0 Å². The van der Waals surface area contributed by atoms with Gasteiger partial charge in [0.25, 0.3) is 0 Å². The van der Waals surface area contributed by atoms with E-state index in [-0.39, 0.29) is 0 Å². The minimum atomic E-state index is 0.690. The Bertz CT molecular complexity index is 328. The van der Waals surface area contributed by atoms with Crippen molar-refractivity contribution in [3.63, 3.8) is 0 Å². The first-order chi connectivity index (χ1) is 8.29. The minimum absolute atomic E-state index is 0.690. The zero-order chi connectivity index (χ0) is 12.1. The molecule has 0 saturated carbocycles. The molecule has 96 valence electrons. The van der Waals surface area contributed by atoms with Crippen LogP contribution in [0.1, 0.15) is 31.9 Å². The van der Waals surface area contributed by atoms with Crippen LogP contribution in [-0.4, -0.2) is 40.4 Å². The summed E-state index contributed by atoms with van der Waals surface area (Å²) >= 11 is 0. The first kappa shape index (κ1) is 12.6. The SMILES string of the molecule is CCCN(Cc1ccnn1C)CC1CCCN1. The van der Waals surface area contributed by atoms with E-state index >= 15 is 0 Å². The lowest BCUT2D eigenvalue weighted by atomic mass is 10.2. The number of hydrogen-bond donors (Lipinski definition) is 1. The summed E-state index contributed by atoms with van der Waals surface area (Å²) in [5.74, 6) is 0. The van der Waals surface area contributed by atoms with Crippen molar-refractivity contribution >= 4 is 0 Å². The van der Waals surface area contributed by atoms with E-state index in [1.807, 2.05) is 17.9 Å². The van der Waals surface area contributed by atoms with Crippen LogP contribution < -0.4 is 5.32 Å². The van der Waals surface area contributed by atoms with E-state index in [9.17, 15) is 0 Å². The Kier molecular flexibility index (Phi) is 4.57. The van der Waals surface area contributed by atoms with Gasteiger partial charge in [0.05, 0.1) is 5.69 Å². The molecule has 0 aliphatic carbocycles.